The van der Waals surface area contributed by atoms with Crippen molar-refractivity contribution in [2.24, 2.45) is 0 Å². The molecule has 1 aromatic carbocycles. The smallest absolute Gasteiger partial charge is 0.342 e. The van der Waals surface area contributed by atoms with E-state index in [4.69, 9.17) is 5.11 Å². The maximum absolute atomic E-state index is 11.1. The van der Waals surface area contributed by atoms with Gasteiger partial charge in [-0.25, -0.2) is 9.48 Å². The predicted molar refractivity (Wildman–Crippen MR) is 69.2 cm³/mol. The van der Waals surface area contributed by atoms with Gasteiger partial charge < -0.3 is 5.11 Å². The molecule has 7 nitrogen and oxygen atoms in total. The molecule has 1 fully saturated rings. The van der Waals surface area contributed by atoms with Crippen LogP contribution in [0.15, 0.2) is 30.5 Å². The van der Waals surface area contributed by atoms with Gasteiger partial charge in [-0.1, -0.05) is 0 Å². The van der Waals surface area contributed by atoms with Crippen LogP contribution in [-0.4, -0.2) is 25.8 Å². The largest absolute Gasteiger partial charge is 0.477 e. The zero-order valence-electron chi connectivity index (χ0n) is 10.4. The van der Waals surface area contributed by atoms with Crippen LogP contribution in [0.3, 0.4) is 0 Å². The van der Waals surface area contributed by atoms with E-state index in [0.717, 1.165) is 18.5 Å². The second kappa shape index (κ2) is 4.44. The number of carboxylic acid groups (broad SMARTS) is 1. The SMILES string of the molecule is O=C(O)c1cc(-n2ccc(C3CC3)n2)ccc1[N+](=O)[O-]. The van der Waals surface area contributed by atoms with Crippen molar-refractivity contribution in [1.29, 1.82) is 0 Å². The lowest BCUT2D eigenvalue weighted by Crippen LogP contribution is -2.05. The fraction of sp³-hybridized carbons (Fsp3) is 0.231. The Morgan fingerprint density at radius 1 is 1.40 bits per heavy atom. The van der Waals surface area contributed by atoms with Crippen LogP contribution in [0.4, 0.5) is 5.69 Å². The summed E-state index contributed by atoms with van der Waals surface area (Å²) >= 11 is 0. The summed E-state index contributed by atoms with van der Waals surface area (Å²) in [5, 5.41) is 24.2. The van der Waals surface area contributed by atoms with Crippen LogP contribution in [-0.2, 0) is 0 Å². The first-order valence-corrected chi connectivity index (χ1v) is 6.14. The Morgan fingerprint density at radius 3 is 2.75 bits per heavy atom. The molecule has 0 unspecified atom stereocenters. The van der Waals surface area contributed by atoms with E-state index in [2.05, 4.69) is 5.10 Å². The van der Waals surface area contributed by atoms with Crippen molar-refractivity contribution in [3.8, 4) is 5.69 Å². The zero-order chi connectivity index (χ0) is 14.3. The molecule has 1 N–H and O–H groups in total. The second-order valence-electron chi connectivity index (χ2n) is 4.72. The van der Waals surface area contributed by atoms with E-state index < -0.39 is 16.6 Å². The summed E-state index contributed by atoms with van der Waals surface area (Å²) in [4.78, 5) is 21.2. The van der Waals surface area contributed by atoms with Gasteiger partial charge in [0.15, 0.2) is 0 Å². The zero-order valence-corrected chi connectivity index (χ0v) is 10.4. The number of nitro benzene ring substituents is 1. The van der Waals surface area contributed by atoms with Gasteiger partial charge in [0.1, 0.15) is 5.56 Å². The van der Waals surface area contributed by atoms with E-state index in [-0.39, 0.29) is 5.56 Å². The average Bonchev–Trinajstić information content (AvgIpc) is 3.15. The molecule has 20 heavy (non-hydrogen) atoms. The summed E-state index contributed by atoms with van der Waals surface area (Å²) in [6.45, 7) is 0. The van der Waals surface area contributed by atoms with Gasteiger partial charge in [0.2, 0.25) is 0 Å². The van der Waals surface area contributed by atoms with E-state index in [1.165, 1.54) is 18.2 Å². The third-order valence-corrected chi connectivity index (χ3v) is 3.28. The first-order chi connectivity index (χ1) is 9.56. The molecular formula is C13H11N3O4. The Bertz CT molecular complexity index is 703. The van der Waals surface area contributed by atoms with Crippen molar-refractivity contribution < 1.29 is 14.8 Å². The van der Waals surface area contributed by atoms with Crippen molar-refractivity contribution in [3.63, 3.8) is 0 Å². The number of hydrogen-bond donors (Lipinski definition) is 1. The van der Waals surface area contributed by atoms with Gasteiger partial charge in [-0.3, -0.25) is 10.1 Å². The molecule has 1 aliphatic carbocycles. The van der Waals surface area contributed by atoms with E-state index >= 15 is 0 Å². The van der Waals surface area contributed by atoms with Crippen molar-refractivity contribution in [2.75, 3.05) is 0 Å². The standard InChI is InChI=1S/C13H11N3O4/c17-13(18)10-7-9(3-4-12(10)16(19)20)15-6-5-11(14-15)8-1-2-8/h3-8H,1-2H2,(H,17,18). The van der Waals surface area contributed by atoms with Gasteiger partial charge >= 0.3 is 5.97 Å². The van der Waals surface area contributed by atoms with Crippen LogP contribution in [0.25, 0.3) is 5.69 Å². The Morgan fingerprint density at radius 2 is 2.15 bits per heavy atom. The number of nitro groups is 1. The molecule has 2 aromatic rings. The molecule has 0 saturated heterocycles. The third-order valence-electron chi connectivity index (χ3n) is 3.28. The van der Waals surface area contributed by atoms with Gasteiger partial charge in [-0.2, -0.15) is 5.10 Å². The second-order valence-corrected chi connectivity index (χ2v) is 4.72. The molecule has 0 radical (unpaired) electrons. The number of rotatable bonds is 4. The molecule has 3 rings (SSSR count). The summed E-state index contributed by atoms with van der Waals surface area (Å²) in [6, 6.07) is 5.84. The first kappa shape index (κ1) is 12.3. The van der Waals surface area contributed by atoms with Gasteiger partial charge in [0.25, 0.3) is 5.69 Å². The van der Waals surface area contributed by atoms with Gasteiger partial charge in [0.05, 0.1) is 16.3 Å². The van der Waals surface area contributed by atoms with E-state index in [1.54, 1.807) is 10.9 Å². The number of hydrogen-bond acceptors (Lipinski definition) is 4. The lowest BCUT2D eigenvalue weighted by atomic mass is 10.1. The quantitative estimate of drug-likeness (QED) is 0.681. The Labute approximate surface area is 113 Å². The van der Waals surface area contributed by atoms with Crippen LogP contribution in [0.1, 0.15) is 34.8 Å². The number of aromatic carboxylic acids is 1. The van der Waals surface area contributed by atoms with Crippen LogP contribution in [0.5, 0.6) is 0 Å². The minimum atomic E-state index is -1.33. The monoisotopic (exact) mass is 273 g/mol. The molecule has 7 heteroatoms. The number of nitrogens with zero attached hydrogens (tertiary/aromatic N) is 3. The highest BCUT2D eigenvalue weighted by molar-refractivity contribution is 5.93. The van der Waals surface area contributed by atoms with Crippen molar-refractivity contribution >= 4 is 11.7 Å². The summed E-state index contributed by atoms with van der Waals surface area (Å²) in [5.74, 6) is -0.832. The molecule has 1 aliphatic rings. The van der Waals surface area contributed by atoms with Crippen LogP contribution in [0.2, 0.25) is 0 Å². The number of carbonyl (C=O) groups is 1. The first-order valence-electron chi connectivity index (χ1n) is 6.14. The molecular weight excluding hydrogens is 262 g/mol. The molecule has 102 valence electrons. The minimum absolute atomic E-state index is 0.337. The third kappa shape index (κ3) is 2.13. The highest BCUT2D eigenvalue weighted by atomic mass is 16.6. The van der Waals surface area contributed by atoms with Crippen molar-refractivity contribution in [1.82, 2.24) is 9.78 Å². The molecule has 1 heterocycles. The predicted octanol–water partition coefficient (Wildman–Crippen LogP) is 2.36. The van der Waals surface area contributed by atoms with Crippen LogP contribution < -0.4 is 0 Å². The Kier molecular flexibility index (Phi) is 2.74. The van der Waals surface area contributed by atoms with Crippen molar-refractivity contribution in [3.05, 3.63) is 51.8 Å². The summed E-state index contributed by atoms with van der Waals surface area (Å²) in [6.07, 6.45) is 3.98. The fourth-order valence-corrected chi connectivity index (χ4v) is 2.08. The molecule has 0 aliphatic heterocycles. The fourth-order valence-electron chi connectivity index (χ4n) is 2.08. The summed E-state index contributed by atoms with van der Waals surface area (Å²) in [5.41, 5.74) is 0.715. The number of carboxylic acids is 1. The van der Waals surface area contributed by atoms with E-state index in [0.29, 0.717) is 11.6 Å². The highest BCUT2D eigenvalue weighted by Crippen LogP contribution is 2.39. The highest BCUT2D eigenvalue weighted by Gasteiger charge is 2.26. The van der Waals surface area contributed by atoms with Gasteiger partial charge in [-0.05, 0) is 31.0 Å². The molecule has 1 aromatic heterocycles. The lowest BCUT2D eigenvalue weighted by molar-refractivity contribution is -0.385. The maximum Gasteiger partial charge on any atom is 0.342 e. The number of benzene rings is 1. The van der Waals surface area contributed by atoms with Gasteiger partial charge in [-0.15, -0.1) is 0 Å². The maximum atomic E-state index is 11.1. The average molecular weight is 273 g/mol. The molecule has 1 saturated carbocycles. The molecule has 0 atom stereocenters. The lowest BCUT2D eigenvalue weighted by Gasteiger charge is -2.03. The van der Waals surface area contributed by atoms with Crippen LogP contribution in [0, 0.1) is 10.1 Å². The van der Waals surface area contributed by atoms with Gasteiger partial charge in [0, 0.05) is 18.2 Å². The minimum Gasteiger partial charge on any atom is -0.477 e. The topological polar surface area (TPSA) is 98.3 Å². The van der Waals surface area contributed by atoms with E-state index in [1.807, 2.05) is 6.07 Å². The summed E-state index contributed by atoms with van der Waals surface area (Å²) < 4.78 is 1.55. The molecule has 0 spiro atoms. The van der Waals surface area contributed by atoms with Crippen molar-refractivity contribution in [2.45, 2.75) is 18.8 Å². The van der Waals surface area contributed by atoms with E-state index in [9.17, 15) is 14.9 Å². The number of aromatic nitrogens is 2. The normalized spacial score (nSPS) is 14.2. The Hall–Kier alpha value is -2.70. The van der Waals surface area contributed by atoms with Crippen LogP contribution >= 0.6 is 0 Å². The molecule has 0 bridgehead atoms. The molecule has 0 amide bonds. The Balaban J connectivity index is 2.02. The summed E-state index contributed by atoms with van der Waals surface area (Å²) in [7, 11) is 0.